The van der Waals surface area contributed by atoms with E-state index in [0.717, 1.165) is 12.8 Å². The van der Waals surface area contributed by atoms with Crippen molar-refractivity contribution in [2.75, 3.05) is 24.4 Å². The smallest absolute Gasteiger partial charge is 0.301 e. The van der Waals surface area contributed by atoms with Crippen molar-refractivity contribution < 1.29 is 8.42 Å². The van der Waals surface area contributed by atoms with E-state index < -0.39 is 10.2 Å². The molecule has 1 aliphatic rings. The van der Waals surface area contributed by atoms with Crippen LogP contribution in [0.15, 0.2) is 18.2 Å². The van der Waals surface area contributed by atoms with Gasteiger partial charge in [0.2, 0.25) is 0 Å². The lowest BCUT2D eigenvalue weighted by Crippen LogP contribution is -2.33. The van der Waals surface area contributed by atoms with Crippen LogP contribution in [-0.2, 0) is 10.2 Å². The Morgan fingerprint density at radius 1 is 1.35 bits per heavy atom. The van der Waals surface area contributed by atoms with Gasteiger partial charge in [-0.05, 0) is 31.0 Å². The zero-order chi connectivity index (χ0) is 14.6. The summed E-state index contributed by atoms with van der Waals surface area (Å²) in [6.07, 6.45) is 1.78. The van der Waals surface area contributed by atoms with E-state index in [1.807, 2.05) is 0 Å². The summed E-state index contributed by atoms with van der Waals surface area (Å²) in [6.45, 7) is 1.30. The van der Waals surface area contributed by atoms with E-state index in [-0.39, 0.29) is 6.54 Å². The Balaban J connectivity index is 2.28. The van der Waals surface area contributed by atoms with Gasteiger partial charge in [0.15, 0.2) is 0 Å². The molecule has 1 saturated heterocycles. The van der Waals surface area contributed by atoms with Crippen LogP contribution in [0, 0.1) is 11.8 Å². The van der Waals surface area contributed by atoms with E-state index in [0.29, 0.717) is 29.4 Å². The Morgan fingerprint density at radius 2 is 2.05 bits per heavy atom. The molecule has 7 heteroatoms. The summed E-state index contributed by atoms with van der Waals surface area (Å²) in [7, 11) is -3.53. The first-order chi connectivity index (χ1) is 9.53. The van der Waals surface area contributed by atoms with Gasteiger partial charge in [0.1, 0.15) is 0 Å². The molecule has 1 fully saturated rings. The maximum absolute atomic E-state index is 12.2. The van der Waals surface area contributed by atoms with Crippen LogP contribution < -0.4 is 10.5 Å². The fourth-order valence-corrected chi connectivity index (χ4v) is 3.48. The van der Waals surface area contributed by atoms with Crippen LogP contribution in [0.1, 0.15) is 18.4 Å². The van der Waals surface area contributed by atoms with Gasteiger partial charge in [-0.2, -0.15) is 12.7 Å². The molecule has 0 saturated carbocycles. The topological polar surface area (TPSA) is 75.4 Å². The minimum atomic E-state index is -3.53. The molecule has 2 rings (SSSR count). The molecule has 0 radical (unpaired) electrons. The lowest BCUT2D eigenvalue weighted by Gasteiger charge is -2.17. The van der Waals surface area contributed by atoms with Gasteiger partial charge in [-0.3, -0.25) is 4.72 Å². The maximum Gasteiger partial charge on any atom is 0.301 e. The molecule has 20 heavy (non-hydrogen) atoms. The van der Waals surface area contributed by atoms with Crippen molar-refractivity contribution in [3.63, 3.8) is 0 Å². The van der Waals surface area contributed by atoms with E-state index in [1.54, 1.807) is 18.2 Å². The number of anilines is 1. The molecule has 0 unspecified atom stereocenters. The third kappa shape index (κ3) is 3.64. The number of hydrogen-bond donors (Lipinski definition) is 2. The van der Waals surface area contributed by atoms with Gasteiger partial charge in [-0.25, -0.2) is 0 Å². The first-order valence-electron chi connectivity index (χ1n) is 6.29. The Kier molecular flexibility index (Phi) is 4.89. The van der Waals surface area contributed by atoms with E-state index in [9.17, 15) is 8.42 Å². The minimum Gasteiger partial charge on any atom is -0.320 e. The molecule has 0 spiro atoms. The Morgan fingerprint density at radius 3 is 2.70 bits per heavy atom. The van der Waals surface area contributed by atoms with Crippen LogP contribution in [0.4, 0.5) is 5.69 Å². The summed E-state index contributed by atoms with van der Waals surface area (Å²) in [4.78, 5) is 0. The highest BCUT2D eigenvalue weighted by Crippen LogP contribution is 2.23. The van der Waals surface area contributed by atoms with Crippen molar-refractivity contribution in [3.8, 4) is 11.8 Å². The molecule has 1 aliphatic heterocycles. The van der Waals surface area contributed by atoms with E-state index in [4.69, 9.17) is 17.3 Å². The second-order valence-corrected chi connectivity index (χ2v) is 6.52. The number of rotatable bonds is 3. The Bertz CT molecular complexity index is 643. The van der Waals surface area contributed by atoms with Gasteiger partial charge >= 0.3 is 10.2 Å². The standard InChI is InChI=1S/C13H16ClN3O2S/c14-12-5-6-13(11(10-12)4-3-7-15)16-20(18,19)17-8-1-2-9-17/h5-6,10,16H,1-2,7-9,15H2. The second-order valence-electron chi connectivity index (χ2n) is 4.41. The zero-order valence-corrected chi connectivity index (χ0v) is 12.5. The number of nitrogens with one attached hydrogen (secondary N) is 1. The van der Waals surface area contributed by atoms with Crippen molar-refractivity contribution in [1.29, 1.82) is 0 Å². The summed E-state index contributed by atoms with van der Waals surface area (Å²) in [6, 6.07) is 4.85. The van der Waals surface area contributed by atoms with Crippen LogP contribution in [0.25, 0.3) is 0 Å². The Labute approximate surface area is 124 Å². The summed E-state index contributed by atoms with van der Waals surface area (Å²) >= 11 is 5.91. The first-order valence-corrected chi connectivity index (χ1v) is 8.11. The van der Waals surface area contributed by atoms with Crippen molar-refractivity contribution in [1.82, 2.24) is 4.31 Å². The summed E-state index contributed by atoms with van der Waals surface area (Å²) in [5.74, 6) is 5.52. The van der Waals surface area contributed by atoms with Gasteiger partial charge in [0.25, 0.3) is 0 Å². The highest BCUT2D eigenvalue weighted by atomic mass is 35.5. The molecular weight excluding hydrogens is 298 g/mol. The largest absolute Gasteiger partial charge is 0.320 e. The third-order valence-electron chi connectivity index (χ3n) is 2.95. The van der Waals surface area contributed by atoms with Gasteiger partial charge in [-0.1, -0.05) is 23.4 Å². The van der Waals surface area contributed by atoms with Crippen molar-refractivity contribution in [2.45, 2.75) is 12.8 Å². The summed E-state index contributed by atoms with van der Waals surface area (Å²) in [5.41, 5.74) is 6.28. The van der Waals surface area contributed by atoms with Crippen LogP contribution >= 0.6 is 11.6 Å². The molecule has 0 amide bonds. The van der Waals surface area contributed by atoms with Crippen molar-refractivity contribution in [2.24, 2.45) is 5.73 Å². The fraction of sp³-hybridized carbons (Fsp3) is 0.385. The summed E-state index contributed by atoms with van der Waals surface area (Å²) in [5, 5.41) is 0.496. The van der Waals surface area contributed by atoms with E-state index in [1.165, 1.54) is 4.31 Å². The average molecular weight is 314 g/mol. The van der Waals surface area contributed by atoms with Crippen LogP contribution in [0.3, 0.4) is 0 Å². The van der Waals surface area contributed by atoms with E-state index >= 15 is 0 Å². The van der Waals surface area contributed by atoms with Crippen molar-refractivity contribution in [3.05, 3.63) is 28.8 Å². The maximum atomic E-state index is 12.2. The predicted molar refractivity (Wildman–Crippen MR) is 80.7 cm³/mol. The molecule has 108 valence electrons. The highest BCUT2D eigenvalue weighted by molar-refractivity contribution is 7.90. The van der Waals surface area contributed by atoms with Gasteiger partial charge in [0.05, 0.1) is 17.8 Å². The predicted octanol–water partition coefficient (Wildman–Crippen LogP) is 1.40. The molecule has 3 N–H and O–H groups in total. The Hall–Kier alpha value is -1.26. The lowest BCUT2D eigenvalue weighted by molar-refractivity contribution is 0.482. The van der Waals surface area contributed by atoms with Gasteiger partial charge in [-0.15, -0.1) is 0 Å². The molecule has 5 nitrogen and oxygen atoms in total. The monoisotopic (exact) mass is 313 g/mol. The quantitative estimate of drug-likeness (QED) is 0.828. The third-order valence-corrected chi connectivity index (χ3v) is 4.71. The minimum absolute atomic E-state index is 0.199. The number of nitrogens with zero attached hydrogens (tertiary/aromatic N) is 1. The molecule has 1 heterocycles. The lowest BCUT2D eigenvalue weighted by atomic mass is 10.2. The number of benzene rings is 1. The molecular formula is C13H16ClN3O2S. The molecule has 0 aromatic heterocycles. The first kappa shape index (κ1) is 15.1. The normalized spacial score (nSPS) is 15.7. The average Bonchev–Trinajstić information content (AvgIpc) is 2.93. The molecule has 0 atom stereocenters. The van der Waals surface area contributed by atoms with Crippen LogP contribution in [0.2, 0.25) is 5.02 Å². The molecule has 1 aromatic rings. The zero-order valence-electron chi connectivity index (χ0n) is 10.9. The molecule has 0 aliphatic carbocycles. The molecule has 0 bridgehead atoms. The van der Waals surface area contributed by atoms with Gasteiger partial charge < -0.3 is 5.73 Å². The highest BCUT2D eigenvalue weighted by Gasteiger charge is 2.25. The second kappa shape index (κ2) is 6.46. The number of hydrogen-bond acceptors (Lipinski definition) is 3. The van der Waals surface area contributed by atoms with Gasteiger partial charge in [0, 0.05) is 18.1 Å². The molecule has 1 aromatic carbocycles. The summed E-state index contributed by atoms with van der Waals surface area (Å²) < 4.78 is 28.4. The van der Waals surface area contributed by atoms with Crippen LogP contribution in [0.5, 0.6) is 0 Å². The van der Waals surface area contributed by atoms with E-state index in [2.05, 4.69) is 16.6 Å². The van der Waals surface area contributed by atoms with Crippen LogP contribution in [-0.4, -0.2) is 32.4 Å². The fourth-order valence-electron chi connectivity index (χ4n) is 1.99. The van der Waals surface area contributed by atoms with Crippen molar-refractivity contribution >= 4 is 27.5 Å². The SMILES string of the molecule is NCC#Cc1cc(Cl)ccc1NS(=O)(=O)N1CCCC1. The number of nitrogens with two attached hydrogens (primary N) is 1. The number of halogens is 1.